The maximum Gasteiger partial charge on any atom is 0.281 e. The average molecular weight is 424 g/mol. The Labute approximate surface area is 170 Å². The molecule has 3 heterocycles. The van der Waals surface area contributed by atoms with E-state index < -0.39 is 11.8 Å². The van der Waals surface area contributed by atoms with Gasteiger partial charge in [0.15, 0.2) is 5.13 Å². The minimum atomic E-state index is -0.414. The third-order valence-corrected chi connectivity index (χ3v) is 6.26. The molecule has 2 aromatic heterocycles. The summed E-state index contributed by atoms with van der Waals surface area (Å²) in [6.45, 7) is 6.33. The summed E-state index contributed by atoms with van der Waals surface area (Å²) in [5, 5.41) is 3.45. The number of morpholine rings is 1. The first-order valence-electron chi connectivity index (χ1n) is 8.68. The minimum absolute atomic E-state index is 0.136. The number of thiophene rings is 1. The van der Waals surface area contributed by atoms with Gasteiger partial charge >= 0.3 is 0 Å². The van der Waals surface area contributed by atoms with Crippen molar-refractivity contribution in [3.8, 4) is 0 Å². The van der Waals surface area contributed by atoms with Crippen LogP contribution in [0.4, 0.5) is 5.13 Å². The van der Waals surface area contributed by atoms with Gasteiger partial charge in [-0.2, -0.15) is 0 Å². The quantitative estimate of drug-likeness (QED) is 0.620. The van der Waals surface area contributed by atoms with E-state index in [2.05, 4.69) is 26.1 Å². The fraction of sp³-hybridized carbons (Fsp3) is 0.412. The molecule has 0 saturated carbocycles. The zero-order valence-corrected chi connectivity index (χ0v) is 17.2. The van der Waals surface area contributed by atoms with Gasteiger partial charge in [0.25, 0.3) is 11.8 Å². The summed E-state index contributed by atoms with van der Waals surface area (Å²) < 4.78 is 5.33. The molecular formula is C17H21N5O4S2. The topological polar surface area (TPSA) is 113 Å². The van der Waals surface area contributed by atoms with Crippen molar-refractivity contribution >= 4 is 45.5 Å². The predicted octanol–water partition coefficient (Wildman–Crippen LogP) is 1.06. The lowest BCUT2D eigenvalue weighted by Crippen LogP contribution is -2.41. The lowest BCUT2D eigenvalue weighted by atomic mass is 10.4. The van der Waals surface area contributed by atoms with Crippen LogP contribution in [0.5, 0.6) is 0 Å². The lowest BCUT2D eigenvalue weighted by Gasteiger charge is -2.25. The molecule has 0 bridgehead atoms. The lowest BCUT2D eigenvalue weighted by molar-refractivity contribution is -0.119. The van der Waals surface area contributed by atoms with Crippen LogP contribution in [-0.4, -0.2) is 49.0 Å². The SMILES string of the molecule is CC(=O)NCc1ccc(C(=O)NNC(=O)c2sc(N3CCOCC3)nc2C)s1. The van der Waals surface area contributed by atoms with Crippen LogP contribution in [-0.2, 0) is 16.1 Å². The van der Waals surface area contributed by atoms with Crippen LogP contribution in [0.1, 0.15) is 36.8 Å². The molecule has 3 N–H and O–H groups in total. The van der Waals surface area contributed by atoms with Gasteiger partial charge in [-0.05, 0) is 19.1 Å². The van der Waals surface area contributed by atoms with Crippen LogP contribution in [0.15, 0.2) is 12.1 Å². The molecule has 9 nitrogen and oxygen atoms in total. The number of carbonyl (C=O) groups is 3. The summed E-state index contributed by atoms with van der Waals surface area (Å²) in [5.74, 6) is -0.955. The summed E-state index contributed by atoms with van der Waals surface area (Å²) in [7, 11) is 0. The smallest absolute Gasteiger partial charge is 0.281 e. The van der Waals surface area contributed by atoms with Crippen molar-refractivity contribution in [3.63, 3.8) is 0 Å². The van der Waals surface area contributed by atoms with E-state index in [1.54, 1.807) is 19.1 Å². The highest BCUT2D eigenvalue weighted by atomic mass is 32.1. The van der Waals surface area contributed by atoms with Gasteiger partial charge in [0.05, 0.1) is 30.3 Å². The number of hydrazine groups is 1. The second-order valence-electron chi connectivity index (χ2n) is 6.09. The van der Waals surface area contributed by atoms with Gasteiger partial charge in [0.1, 0.15) is 4.88 Å². The molecule has 2 aromatic rings. The van der Waals surface area contributed by atoms with E-state index >= 15 is 0 Å². The van der Waals surface area contributed by atoms with E-state index in [0.29, 0.717) is 35.2 Å². The molecule has 1 fully saturated rings. The number of aryl methyl sites for hydroxylation is 1. The van der Waals surface area contributed by atoms with Crippen molar-refractivity contribution in [3.05, 3.63) is 32.5 Å². The van der Waals surface area contributed by atoms with Crippen molar-refractivity contribution < 1.29 is 19.1 Å². The monoisotopic (exact) mass is 423 g/mol. The summed E-state index contributed by atoms with van der Waals surface area (Å²) in [6, 6.07) is 3.41. The van der Waals surface area contributed by atoms with Crippen molar-refractivity contribution in [2.24, 2.45) is 0 Å². The second kappa shape index (κ2) is 9.13. The van der Waals surface area contributed by atoms with E-state index in [9.17, 15) is 14.4 Å². The molecule has 28 heavy (non-hydrogen) atoms. The fourth-order valence-electron chi connectivity index (χ4n) is 2.52. The van der Waals surface area contributed by atoms with Gasteiger partial charge < -0.3 is 15.0 Å². The number of hydrogen-bond donors (Lipinski definition) is 3. The standard InChI is InChI=1S/C17H21N5O4S2/c1-10-14(28-17(19-10)22-5-7-26-8-6-22)16(25)21-20-15(24)13-4-3-12(27-13)9-18-11(2)23/h3-4H,5-9H2,1-2H3,(H,18,23)(H,20,24)(H,21,25). The Balaban J connectivity index is 1.55. The number of nitrogens with zero attached hydrogens (tertiary/aromatic N) is 2. The maximum atomic E-state index is 12.4. The summed E-state index contributed by atoms with van der Waals surface area (Å²) in [4.78, 5) is 43.9. The molecule has 11 heteroatoms. The van der Waals surface area contributed by atoms with Crippen molar-refractivity contribution in [2.75, 3.05) is 31.2 Å². The van der Waals surface area contributed by atoms with Crippen molar-refractivity contribution in [2.45, 2.75) is 20.4 Å². The molecular weight excluding hydrogens is 402 g/mol. The van der Waals surface area contributed by atoms with Gasteiger partial charge in [0, 0.05) is 24.9 Å². The number of aromatic nitrogens is 1. The Morgan fingerprint density at radius 1 is 1.14 bits per heavy atom. The van der Waals surface area contributed by atoms with Gasteiger partial charge in [0.2, 0.25) is 5.91 Å². The molecule has 3 amide bonds. The minimum Gasteiger partial charge on any atom is -0.378 e. The molecule has 0 spiro atoms. The number of nitrogens with one attached hydrogen (secondary N) is 3. The van der Waals surface area contributed by atoms with Crippen LogP contribution < -0.4 is 21.1 Å². The zero-order valence-electron chi connectivity index (χ0n) is 15.5. The van der Waals surface area contributed by atoms with E-state index in [-0.39, 0.29) is 5.91 Å². The van der Waals surface area contributed by atoms with Crippen molar-refractivity contribution in [1.82, 2.24) is 21.2 Å². The molecule has 1 aliphatic heterocycles. The first kappa shape index (κ1) is 20.2. The number of anilines is 1. The number of carbonyl (C=O) groups excluding carboxylic acids is 3. The Morgan fingerprint density at radius 2 is 1.86 bits per heavy atom. The number of ether oxygens (including phenoxy) is 1. The van der Waals surface area contributed by atoms with Gasteiger partial charge in [-0.1, -0.05) is 11.3 Å². The summed E-state index contributed by atoms with van der Waals surface area (Å²) in [6.07, 6.45) is 0. The van der Waals surface area contributed by atoms with Crippen LogP contribution in [0, 0.1) is 6.92 Å². The van der Waals surface area contributed by atoms with Crippen LogP contribution in [0.3, 0.4) is 0 Å². The summed E-state index contributed by atoms with van der Waals surface area (Å²) in [5.41, 5.74) is 5.48. The van der Waals surface area contributed by atoms with Crippen LogP contribution >= 0.6 is 22.7 Å². The zero-order chi connectivity index (χ0) is 20.1. The largest absolute Gasteiger partial charge is 0.378 e. The fourth-order valence-corrected chi connectivity index (χ4v) is 4.38. The highest BCUT2D eigenvalue weighted by Gasteiger charge is 2.21. The molecule has 0 aliphatic carbocycles. The van der Waals surface area contributed by atoms with Gasteiger partial charge in [-0.3, -0.25) is 25.2 Å². The second-order valence-corrected chi connectivity index (χ2v) is 8.24. The molecule has 1 aliphatic rings. The van der Waals surface area contributed by atoms with E-state index in [1.807, 2.05) is 0 Å². The highest BCUT2D eigenvalue weighted by molar-refractivity contribution is 7.17. The molecule has 0 aromatic carbocycles. The van der Waals surface area contributed by atoms with Gasteiger partial charge in [-0.15, -0.1) is 11.3 Å². The average Bonchev–Trinajstić information content (AvgIpc) is 3.32. The number of amides is 3. The number of thiazole rings is 1. The summed E-state index contributed by atoms with van der Waals surface area (Å²) >= 11 is 2.54. The predicted molar refractivity (Wildman–Crippen MR) is 107 cm³/mol. The molecule has 150 valence electrons. The van der Waals surface area contributed by atoms with Gasteiger partial charge in [-0.25, -0.2) is 4.98 Å². The molecule has 0 radical (unpaired) electrons. The molecule has 0 unspecified atom stereocenters. The number of hydrogen-bond acceptors (Lipinski definition) is 8. The normalized spacial score (nSPS) is 13.9. The molecule has 1 saturated heterocycles. The Kier molecular flexibility index (Phi) is 6.60. The van der Waals surface area contributed by atoms with E-state index in [1.165, 1.54) is 29.6 Å². The third-order valence-electron chi connectivity index (χ3n) is 3.96. The highest BCUT2D eigenvalue weighted by Crippen LogP contribution is 2.26. The van der Waals surface area contributed by atoms with Crippen LogP contribution in [0.2, 0.25) is 0 Å². The third kappa shape index (κ3) is 5.06. The van der Waals surface area contributed by atoms with Crippen molar-refractivity contribution in [1.29, 1.82) is 0 Å². The first-order chi connectivity index (χ1) is 13.4. The Morgan fingerprint density at radius 3 is 2.57 bits per heavy atom. The Hall–Kier alpha value is -2.50. The first-order valence-corrected chi connectivity index (χ1v) is 10.3. The van der Waals surface area contributed by atoms with E-state index in [0.717, 1.165) is 23.1 Å². The van der Waals surface area contributed by atoms with E-state index in [4.69, 9.17) is 4.74 Å². The maximum absolute atomic E-state index is 12.4. The van der Waals surface area contributed by atoms with Crippen LogP contribution in [0.25, 0.3) is 0 Å². The molecule has 3 rings (SSSR count). The Bertz CT molecular complexity index is 873. The molecule has 0 atom stereocenters. The number of rotatable bonds is 5.